The number of likely N-dealkylation sites (N-methyl/N-ethyl adjacent to an activating group) is 1. The second kappa shape index (κ2) is 4.99. The first-order chi connectivity index (χ1) is 7.41. The number of carbonyl (C=O) groups excluding carboxylic acids is 1. The topological polar surface area (TPSA) is 60.8 Å². The summed E-state index contributed by atoms with van der Waals surface area (Å²) in [5.74, 6) is -0.104. The van der Waals surface area contributed by atoms with Gasteiger partial charge in [-0.15, -0.1) is 0 Å². The van der Waals surface area contributed by atoms with E-state index in [2.05, 4.69) is 0 Å². The van der Waals surface area contributed by atoms with Crippen molar-refractivity contribution in [3.8, 4) is 5.75 Å². The highest BCUT2D eigenvalue weighted by Crippen LogP contribution is 2.18. The lowest BCUT2D eigenvalue weighted by molar-refractivity contribution is 0.0703. The van der Waals surface area contributed by atoms with Crippen LogP contribution in [0.25, 0.3) is 0 Å². The molecule has 4 nitrogen and oxygen atoms in total. The number of phenolic OH excluding ortho intramolecular Hbond substituents is 1. The zero-order valence-electron chi connectivity index (χ0n) is 9.77. The summed E-state index contributed by atoms with van der Waals surface area (Å²) >= 11 is 0. The first-order valence-corrected chi connectivity index (χ1v) is 5.15. The Labute approximate surface area is 95.1 Å². The zero-order valence-corrected chi connectivity index (χ0v) is 9.77. The molecule has 0 fully saturated rings. The van der Waals surface area contributed by atoms with E-state index in [4.69, 9.17) is 0 Å². The summed E-state index contributed by atoms with van der Waals surface area (Å²) in [5, 5.41) is 18.7. The van der Waals surface area contributed by atoms with Crippen molar-refractivity contribution in [2.45, 2.75) is 20.0 Å². The molecule has 4 heteroatoms. The molecule has 1 amide bonds. The molecule has 88 valence electrons. The van der Waals surface area contributed by atoms with Gasteiger partial charge in [-0.2, -0.15) is 0 Å². The Kier molecular flexibility index (Phi) is 3.90. The van der Waals surface area contributed by atoms with Gasteiger partial charge >= 0.3 is 0 Å². The van der Waals surface area contributed by atoms with Crippen LogP contribution in [-0.2, 0) is 0 Å². The Hall–Kier alpha value is -1.55. The third-order valence-corrected chi connectivity index (χ3v) is 2.34. The van der Waals surface area contributed by atoms with E-state index in [-0.39, 0.29) is 18.2 Å². The molecule has 2 N–H and O–H groups in total. The molecule has 1 unspecified atom stereocenters. The summed E-state index contributed by atoms with van der Waals surface area (Å²) in [4.78, 5) is 13.3. The van der Waals surface area contributed by atoms with Gasteiger partial charge in [0.1, 0.15) is 5.75 Å². The van der Waals surface area contributed by atoms with Crippen LogP contribution in [0.1, 0.15) is 22.8 Å². The van der Waals surface area contributed by atoms with Crippen molar-refractivity contribution < 1.29 is 15.0 Å². The first-order valence-electron chi connectivity index (χ1n) is 5.15. The quantitative estimate of drug-likeness (QED) is 0.808. The van der Waals surface area contributed by atoms with Gasteiger partial charge in [-0.05, 0) is 31.5 Å². The molecule has 0 saturated carbocycles. The van der Waals surface area contributed by atoms with Gasteiger partial charge in [0.25, 0.3) is 5.91 Å². The Morgan fingerprint density at radius 3 is 2.62 bits per heavy atom. The van der Waals surface area contributed by atoms with Crippen molar-refractivity contribution in [2.24, 2.45) is 0 Å². The van der Waals surface area contributed by atoms with Gasteiger partial charge in [0, 0.05) is 19.2 Å². The van der Waals surface area contributed by atoms with Crippen LogP contribution >= 0.6 is 0 Å². The largest absolute Gasteiger partial charge is 0.508 e. The molecule has 0 spiro atoms. The Bertz CT molecular complexity index is 388. The number of phenols is 1. The molecule has 16 heavy (non-hydrogen) atoms. The number of aromatic hydroxyl groups is 1. The number of aryl methyl sites for hydroxylation is 1. The summed E-state index contributed by atoms with van der Waals surface area (Å²) in [6.45, 7) is 3.66. The van der Waals surface area contributed by atoms with Crippen molar-refractivity contribution >= 4 is 5.91 Å². The number of aliphatic hydroxyl groups is 1. The molecular formula is C12H17NO3. The number of amides is 1. The lowest BCUT2D eigenvalue weighted by atomic mass is 10.1. The molecule has 0 bridgehead atoms. The number of hydrogen-bond donors (Lipinski definition) is 2. The molecule has 0 aliphatic rings. The van der Waals surface area contributed by atoms with Crippen molar-refractivity contribution in [1.82, 2.24) is 4.90 Å². The van der Waals surface area contributed by atoms with Crippen LogP contribution in [0.3, 0.4) is 0 Å². The Morgan fingerprint density at radius 2 is 2.12 bits per heavy atom. The third-order valence-electron chi connectivity index (χ3n) is 2.34. The van der Waals surface area contributed by atoms with E-state index in [0.717, 1.165) is 5.56 Å². The molecule has 1 atom stereocenters. The lowest BCUT2D eigenvalue weighted by Gasteiger charge is -2.19. The van der Waals surface area contributed by atoms with Crippen molar-refractivity contribution in [3.05, 3.63) is 29.3 Å². The SMILES string of the molecule is Cc1ccc(C(=O)N(C)CC(C)O)cc1O. The average Bonchev–Trinajstić information content (AvgIpc) is 2.20. The summed E-state index contributed by atoms with van der Waals surface area (Å²) in [6, 6.07) is 4.80. The van der Waals surface area contributed by atoms with E-state index in [1.165, 1.54) is 11.0 Å². The molecule has 1 rings (SSSR count). The zero-order chi connectivity index (χ0) is 12.3. The number of benzene rings is 1. The predicted octanol–water partition coefficient (Wildman–Crippen LogP) is 1.15. The van der Waals surface area contributed by atoms with Gasteiger partial charge in [0.2, 0.25) is 0 Å². The summed E-state index contributed by atoms with van der Waals surface area (Å²) < 4.78 is 0. The van der Waals surface area contributed by atoms with Gasteiger partial charge in [-0.25, -0.2) is 0 Å². The molecule has 0 aromatic heterocycles. The fourth-order valence-electron chi connectivity index (χ4n) is 1.44. The molecular weight excluding hydrogens is 206 g/mol. The van der Waals surface area contributed by atoms with Gasteiger partial charge in [0.05, 0.1) is 6.10 Å². The van der Waals surface area contributed by atoms with E-state index in [0.29, 0.717) is 5.56 Å². The van der Waals surface area contributed by atoms with Gasteiger partial charge in [-0.1, -0.05) is 6.07 Å². The van der Waals surface area contributed by atoms with E-state index >= 15 is 0 Å². The predicted molar refractivity (Wildman–Crippen MR) is 61.5 cm³/mol. The molecule has 0 aliphatic heterocycles. The molecule has 1 aromatic rings. The van der Waals surface area contributed by atoms with Crippen LogP contribution in [0.15, 0.2) is 18.2 Å². The maximum Gasteiger partial charge on any atom is 0.253 e. The van der Waals surface area contributed by atoms with Gasteiger partial charge in [0.15, 0.2) is 0 Å². The first kappa shape index (κ1) is 12.5. The number of hydrogen-bond acceptors (Lipinski definition) is 3. The van der Waals surface area contributed by atoms with Gasteiger partial charge < -0.3 is 15.1 Å². The molecule has 0 aliphatic carbocycles. The minimum Gasteiger partial charge on any atom is -0.508 e. The minimum atomic E-state index is -0.562. The van der Waals surface area contributed by atoms with Crippen LogP contribution in [-0.4, -0.2) is 40.7 Å². The number of nitrogens with zero attached hydrogens (tertiary/aromatic N) is 1. The molecule has 1 aromatic carbocycles. The highest BCUT2D eigenvalue weighted by Gasteiger charge is 2.14. The number of rotatable bonds is 3. The van der Waals surface area contributed by atoms with Crippen LogP contribution in [0, 0.1) is 6.92 Å². The maximum atomic E-state index is 11.8. The second-order valence-corrected chi connectivity index (χ2v) is 4.04. The summed E-state index contributed by atoms with van der Waals surface area (Å²) in [6.07, 6.45) is -0.562. The number of aliphatic hydroxyl groups excluding tert-OH is 1. The Morgan fingerprint density at radius 1 is 1.50 bits per heavy atom. The van der Waals surface area contributed by atoms with Crippen LogP contribution < -0.4 is 0 Å². The van der Waals surface area contributed by atoms with E-state index in [1.807, 2.05) is 0 Å². The number of carbonyl (C=O) groups is 1. The lowest BCUT2D eigenvalue weighted by Crippen LogP contribution is -2.33. The van der Waals surface area contributed by atoms with Crippen LogP contribution in [0.5, 0.6) is 5.75 Å². The third kappa shape index (κ3) is 2.97. The van der Waals surface area contributed by atoms with E-state index in [9.17, 15) is 15.0 Å². The molecule has 0 heterocycles. The highest BCUT2D eigenvalue weighted by atomic mass is 16.3. The molecule has 0 radical (unpaired) electrons. The second-order valence-electron chi connectivity index (χ2n) is 4.04. The smallest absolute Gasteiger partial charge is 0.253 e. The average molecular weight is 223 g/mol. The monoisotopic (exact) mass is 223 g/mol. The van der Waals surface area contributed by atoms with E-state index < -0.39 is 6.10 Å². The molecule has 0 saturated heterocycles. The van der Waals surface area contributed by atoms with Crippen LogP contribution in [0.4, 0.5) is 0 Å². The summed E-state index contributed by atoms with van der Waals surface area (Å²) in [5.41, 5.74) is 1.15. The van der Waals surface area contributed by atoms with Crippen LogP contribution in [0.2, 0.25) is 0 Å². The van der Waals surface area contributed by atoms with E-state index in [1.54, 1.807) is 33.0 Å². The van der Waals surface area contributed by atoms with Crippen molar-refractivity contribution in [3.63, 3.8) is 0 Å². The van der Waals surface area contributed by atoms with Gasteiger partial charge in [-0.3, -0.25) is 4.79 Å². The minimum absolute atomic E-state index is 0.108. The fraction of sp³-hybridized carbons (Fsp3) is 0.417. The standard InChI is InChI=1S/C12H17NO3/c1-8-4-5-10(6-11(8)15)12(16)13(3)7-9(2)14/h4-6,9,14-15H,7H2,1-3H3. The normalized spacial score (nSPS) is 12.2. The maximum absolute atomic E-state index is 11.8. The highest BCUT2D eigenvalue weighted by molar-refractivity contribution is 5.94. The Balaban J connectivity index is 2.84. The summed E-state index contributed by atoms with van der Waals surface area (Å²) in [7, 11) is 1.62. The van der Waals surface area contributed by atoms with Crippen molar-refractivity contribution in [2.75, 3.05) is 13.6 Å². The van der Waals surface area contributed by atoms with Crippen molar-refractivity contribution in [1.29, 1.82) is 0 Å². The fourth-order valence-corrected chi connectivity index (χ4v) is 1.44.